The molecule has 0 spiro atoms. The lowest BCUT2D eigenvalue weighted by molar-refractivity contribution is 0.0999. The molecular weight excluding hydrogens is 290 g/mol. The van der Waals surface area contributed by atoms with Gasteiger partial charge in [-0.05, 0) is 45.2 Å². The quantitative estimate of drug-likeness (QED) is 0.781. The molecule has 0 aromatic rings. The highest BCUT2D eigenvalue weighted by molar-refractivity contribution is 7.86. The normalized spacial score (nSPS) is 29.3. The smallest absolute Gasteiger partial charge is 0.282 e. The summed E-state index contributed by atoms with van der Waals surface area (Å²) in [5.41, 5.74) is 0. The summed E-state index contributed by atoms with van der Waals surface area (Å²) in [4.78, 5) is 0. The Morgan fingerprint density at radius 3 is 2.48 bits per heavy atom. The third-order valence-electron chi connectivity index (χ3n) is 4.75. The number of hydrogen-bond acceptors (Lipinski definition) is 4. The van der Waals surface area contributed by atoms with E-state index in [1.807, 2.05) is 6.92 Å². The minimum absolute atomic E-state index is 0.0175. The molecule has 2 rings (SSSR count). The first-order valence-electron chi connectivity index (χ1n) is 8.02. The number of piperidine rings is 1. The van der Waals surface area contributed by atoms with Crippen LogP contribution in [0, 0.1) is 5.92 Å². The first-order valence-corrected chi connectivity index (χ1v) is 9.42. The molecule has 124 valence electrons. The van der Waals surface area contributed by atoms with Crippen molar-refractivity contribution in [2.24, 2.45) is 5.92 Å². The zero-order valence-corrected chi connectivity index (χ0v) is 14.2. The number of rotatable bonds is 6. The third kappa shape index (κ3) is 3.96. The van der Waals surface area contributed by atoms with E-state index < -0.39 is 10.2 Å². The second-order valence-corrected chi connectivity index (χ2v) is 8.09. The Bertz CT molecular complexity index is 421. The van der Waals surface area contributed by atoms with Crippen LogP contribution in [-0.4, -0.2) is 69.0 Å². The van der Waals surface area contributed by atoms with Crippen molar-refractivity contribution in [1.82, 2.24) is 13.9 Å². The van der Waals surface area contributed by atoms with Gasteiger partial charge in [-0.3, -0.25) is 0 Å². The van der Waals surface area contributed by atoms with Crippen molar-refractivity contribution >= 4 is 10.2 Å². The van der Waals surface area contributed by atoms with E-state index in [-0.39, 0.29) is 12.1 Å². The largest absolute Gasteiger partial charge is 0.377 e. The van der Waals surface area contributed by atoms with Gasteiger partial charge in [0.2, 0.25) is 0 Å². The molecule has 2 unspecified atom stereocenters. The van der Waals surface area contributed by atoms with Crippen LogP contribution in [-0.2, 0) is 14.9 Å². The average molecular weight is 319 g/mol. The van der Waals surface area contributed by atoms with Gasteiger partial charge in [0.25, 0.3) is 10.2 Å². The van der Waals surface area contributed by atoms with E-state index in [2.05, 4.69) is 12.2 Å². The monoisotopic (exact) mass is 319 g/mol. The number of nitrogens with one attached hydrogen (secondary N) is 1. The Balaban J connectivity index is 1.91. The summed E-state index contributed by atoms with van der Waals surface area (Å²) >= 11 is 0. The van der Waals surface area contributed by atoms with E-state index in [1.54, 1.807) is 11.4 Å². The molecule has 6 nitrogen and oxygen atoms in total. The zero-order chi connectivity index (χ0) is 15.5. The molecule has 0 aliphatic carbocycles. The van der Waals surface area contributed by atoms with Gasteiger partial charge >= 0.3 is 0 Å². The van der Waals surface area contributed by atoms with Gasteiger partial charge in [0.05, 0.1) is 12.1 Å². The fourth-order valence-corrected chi connectivity index (χ4v) is 4.90. The SMILES string of the molecule is CCNCC1CCN(S(=O)(=O)N(C)C2CCOC2C)CC1. The lowest BCUT2D eigenvalue weighted by Gasteiger charge is -2.36. The van der Waals surface area contributed by atoms with Crippen molar-refractivity contribution in [3.63, 3.8) is 0 Å². The molecule has 0 amide bonds. The lowest BCUT2D eigenvalue weighted by Crippen LogP contribution is -2.51. The van der Waals surface area contributed by atoms with Gasteiger partial charge in [0.15, 0.2) is 0 Å². The molecule has 0 saturated carbocycles. The molecule has 2 aliphatic heterocycles. The molecule has 2 fully saturated rings. The van der Waals surface area contributed by atoms with Crippen molar-refractivity contribution in [2.75, 3.05) is 39.8 Å². The van der Waals surface area contributed by atoms with Gasteiger partial charge < -0.3 is 10.1 Å². The lowest BCUT2D eigenvalue weighted by atomic mass is 9.98. The van der Waals surface area contributed by atoms with Crippen molar-refractivity contribution in [2.45, 2.75) is 45.3 Å². The van der Waals surface area contributed by atoms with Crippen LogP contribution in [0.15, 0.2) is 0 Å². The molecule has 1 N–H and O–H groups in total. The highest BCUT2D eigenvalue weighted by atomic mass is 32.2. The topological polar surface area (TPSA) is 61.9 Å². The van der Waals surface area contributed by atoms with E-state index in [9.17, 15) is 8.42 Å². The highest BCUT2D eigenvalue weighted by Gasteiger charge is 2.38. The van der Waals surface area contributed by atoms with Crippen molar-refractivity contribution in [3.05, 3.63) is 0 Å². The molecule has 0 radical (unpaired) electrons. The van der Waals surface area contributed by atoms with Gasteiger partial charge in [-0.25, -0.2) is 0 Å². The minimum Gasteiger partial charge on any atom is -0.377 e. The predicted octanol–water partition coefficient (Wildman–Crippen LogP) is 0.662. The Kier molecular flexibility index (Phi) is 6.02. The van der Waals surface area contributed by atoms with Crippen LogP contribution in [0.25, 0.3) is 0 Å². The van der Waals surface area contributed by atoms with Gasteiger partial charge in [-0.1, -0.05) is 6.92 Å². The Morgan fingerprint density at radius 2 is 1.95 bits per heavy atom. The van der Waals surface area contributed by atoms with Crippen LogP contribution in [0.3, 0.4) is 0 Å². The molecule has 0 bridgehead atoms. The molecule has 0 aromatic heterocycles. The number of nitrogens with zero attached hydrogens (tertiary/aromatic N) is 2. The Hall–Kier alpha value is -0.210. The van der Waals surface area contributed by atoms with Crippen LogP contribution in [0.1, 0.15) is 33.1 Å². The average Bonchev–Trinajstić information content (AvgIpc) is 2.90. The van der Waals surface area contributed by atoms with Crippen molar-refractivity contribution in [1.29, 1.82) is 0 Å². The predicted molar refractivity (Wildman–Crippen MR) is 83.3 cm³/mol. The van der Waals surface area contributed by atoms with Crippen molar-refractivity contribution < 1.29 is 13.2 Å². The van der Waals surface area contributed by atoms with E-state index in [0.29, 0.717) is 25.6 Å². The molecule has 2 saturated heterocycles. The number of hydrogen-bond donors (Lipinski definition) is 1. The molecular formula is C14H29N3O3S. The third-order valence-corrected chi connectivity index (χ3v) is 6.77. The Morgan fingerprint density at radius 1 is 1.29 bits per heavy atom. The van der Waals surface area contributed by atoms with Crippen LogP contribution in [0.4, 0.5) is 0 Å². The maximum absolute atomic E-state index is 12.7. The maximum atomic E-state index is 12.7. The molecule has 0 aromatic carbocycles. The van der Waals surface area contributed by atoms with E-state index in [1.165, 1.54) is 4.31 Å². The molecule has 2 atom stereocenters. The summed E-state index contributed by atoms with van der Waals surface area (Å²) in [5, 5.41) is 3.35. The van der Waals surface area contributed by atoms with Gasteiger partial charge in [0.1, 0.15) is 0 Å². The second-order valence-electron chi connectivity index (χ2n) is 6.11. The van der Waals surface area contributed by atoms with E-state index in [0.717, 1.165) is 32.4 Å². The fourth-order valence-electron chi connectivity index (χ4n) is 3.24. The molecule has 21 heavy (non-hydrogen) atoms. The van der Waals surface area contributed by atoms with Crippen LogP contribution in [0.2, 0.25) is 0 Å². The second kappa shape index (κ2) is 7.37. The van der Waals surface area contributed by atoms with Crippen LogP contribution in [0.5, 0.6) is 0 Å². The number of likely N-dealkylation sites (N-methyl/N-ethyl adjacent to an activating group) is 1. The summed E-state index contributed by atoms with van der Waals surface area (Å²) < 4.78 is 34.1. The van der Waals surface area contributed by atoms with Crippen molar-refractivity contribution in [3.8, 4) is 0 Å². The summed E-state index contributed by atoms with van der Waals surface area (Å²) in [6.07, 6.45) is 2.65. The zero-order valence-electron chi connectivity index (χ0n) is 13.4. The van der Waals surface area contributed by atoms with Gasteiger partial charge in [-0.15, -0.1) is 0 Å². The Labute approximate surface area is 129 Å². The minimum atomic E-state index is -3.36. The van der Waals surface area contributed by atoms with Gasteiger partial charge in [0, 0.05) is 26.7 Å². The van der Waals surface area contributed by atoms with Crippen LogP contribution < -0.4 is 5.32 Å². The number of ether oxygens (including phenoxy) is 1. The standard InChI is InChI=1S/C14H29N3O3S/c1-4-15-11-13-5-8-17(9-6-13)21(18,19)16(3)14-7-10-20-12(14)2/h12-15H,4-11H2,1-3H3. The maximum Gasteiger partial charge on any atom is 0.282 e. The summed E-state index contributed by atoms with van der Waals surface area (Å²) in [6, 6.07) is -0.0329. The first-order chi connectivity index (χ1) is 9.96. The first kappa shape index (κ1) is 17.1. The molecule has 2 aliphatic rings. The summed E-state index contributed by atoms with van der Waals surface area (Å²) in [7, 11) is -1.67. The highest BCUT2D eigenvalue weighted by Crippen LogP contribution is 2.25. The van der Waals surface area contributed by atoms with E-state index >= 15 is 0 Å². The fraction of sp³-hybridized carbons (Fsp3) is 1.00. The van der Waals surface area contributed by atoms with Gasteiger partial charge in [-0.2, -0.15) is 17.0 Å². The molecule has 2 heterocycles. The van der Waals surface area contributed by atoms with E-state index in [4.69, 9.17) is 4.74 Å². The summed E-state index contributed by atoms with van der Waals surface area (Å²) in [6.45, 7) is 7.92. The van der Waals surface area contributed by atoms with Crippen LogP contribution >= 0.6 is 0 Å². The summed E-state index contributed by atoms with van der Waals surface area (Å²) in [5.74, 6) is 0.593. The molecule has 7 heteroatoms.